The fraction of sp³-hybridized carbons (Fsp3) is 0.344. The summed E-state index contributed by atoms with van der Waals surface area (Å²) in [5.41, 5.74) is 5.44. The van der Waals surface area contributed by atoms with Gasteiger partial charge in [-0.25, -0.2) is 0 Å². The molecule has 44 heavy (non-hydrogen) atoms. The van der Waals surface area contributed by atoms with Crippen LogP contribution in [-0.2, 0) is 13.3 Å². The highest BCUT2D eigenvalue weighted by Gasteiger charge is 2.39. The van der Waals surface area contributed by atoms with E-state index < -0.39 is 8.80 Å². The number of para-hydroxylation sites is 1. The lowest BCUT2D eigenvalue weighted by Crippen LogP contribution is -2.46. The lowest BCUT2D eigenvalue weighted by atomic mass is 10.2. The van der Waals surface area contributed by atoms with Crippen molar-refractivity contribution >= 4 is 49.4 Å². The molecule has 0 saturated heterocycles. The first kappa shape index (κ1) is 32.7. The van der Waals surface area contributed by atoms with Gasteiger partial charge in [-0.2, -0.15) is 25.2 Å². The second-order valence-corrected chi connectivity index (χ2v) is 12.7. The third-order valence-electron chi connectivity index (χ3n) is 6.47. The van der Waals surface area contributed by atoms with E-state index in [-0.39, 0.29) is 0 Å². The molecule has 0 fully saturated rings. The van der Waals surface area contributed by atoms with E-state index in [1.54, 1.807) is 0 Å². The maximum atomic E-state index is 5.99. The molecule has 0 aliphatic carbocycles. The Hall–Kier alpha value is -4.23. The average Bonchev–Trinajstić information content (AvgIpc) is 3.01. The van der Waals surface area contributed by atoms with Gasteiger partial charge in [-0.1, -0.05) is 35.9 Å². The Morgan fingerprint density at radius 2 is 1.27 bits per heavy atom. The molecule has 4 rings (SSSR count). The highest BCUT2D eigenvalue weighted by Crippen LogP contribution is 2.27. The zero-order valence-corrected chi connectivity index (χ0v) is 27.1. The van der Waals surface area contributed by atoms with Crippen molar-refractivity contribution in [3.05, 3.63) is 83.9 Å². The van der Waals surface area contributed by atoms with Gasteiger partial charge in [0, 0.05) is 43.8 Å². The third kappa shape index (κ3) is 9.91. The summed E-state index contributed by atoms with van der Waals surface area (Å²) in [6.07, 6.45) is 0.764. The molecule has 3 N–H and O–H groups in total. The molecule has 0 unspecified atom stereocenters. The van der Waals surface area contributed by atoms with Gasteiger partial charge in [0.15, 0.2) is 0 Å². The van der Waals surface area contributed by atoms with Crippen LogP contribution in [0.5, 0.6) is 0 Å². The number of nitrogens with zero attached hydrogens (tertiary/aromatic N) is 5. The van der Waals surface area contributed by atoms with Crippen molar-refractivity contribution in [1.82, 2.24) is 15.0 Å². The fourth-order valence-electron chi connectivity index (χ4n) is 4.42. The van der Waals surface area contributed by atoms with Crippen molar-refractivity contribution in [2.24, 2.45) is 10.2 Å². The maximum Gasteiger partial charge on any atom is 0.500 e. The van der Waals surface area contributed by atoms with Crippen molar-refractivity contribution in [1.29, 1.82) is 0 Å². The van der Waals surface area contributed by atoms with Crippen LogP contribution in [0.15, 0.2) is 83.0 Å². The van der Waals surface area contributed by atoms with Gasteiger partial charge in [0.25, 0.3) is 0 Å². The molecule has 0 amide bonds. The first-order valence-corrected chi connectivity index (χ1v) is 16.9. The topological polar surface area (TPSA) is 127 Å². The molecule has 0 bridgehead atoms. The first-order chi connectivity index (χ1) is 21.4. The van der Waals surface area contributed by atoms with Crippen molar-refractivity contribution in [2.75, 3.05) is 42.3 Å². The molecule has 0 saturated carbocycles. The van der Waals surface area contributed by atoms with E-state index in [2.05, 4.69) is 41.1 Å². The predicted octanol–water partition coefficient (Wildman–Crippen LogP) is 8.24. The van der Waals surface area contributed by atoms with Gasteiger partial charge in [0.05, 0.1) is 11.4 Å². The molecular formula is C32H42N8O3Si. The number of azo groups is 1. The number of rotatable bonds is 17. The average molecular weight is 615 g/mol. The normalized spacial score (nSPS) is 11.6. The molecule has 0 aliphatic heterocycles. The van der Waals surface area contributed by atoms with E-state index in [1.165, 1.54) is 5.56 Å². The lowest BCUT2D eigenvalue weighted by Gasteiger charge is -2.28. The number of hydrogen-bond donors (Lipinski definition) is 3. The molecule has 0 aliphatic rings. The molecule has 232 valence electrons. The minimum atomic E-state index is -2.73. The second-order valence-electron chi connectivity index (χ2n) is 9.97. The number of aryl methyl sites for hydroxylation is 2. The van der Waals surface area contributed by atoms with Crippen LogP contribution in [0.1, 0.15) is 38.3 Å². The minimum absolute atomic E-state index is 0.403. The van der Waals surface area contributed by atoms with Gasteiger partial charge in [0.2, 0.25) is 17.8 Å². The molecular weight excluding hydrogens is 572 g/mol. The van der Waals surface area contributed by atoms with E-state index in [1.807, 2.05) is 107 Å². The Balaban J connectivity index is 1.48. The zero-order chi connectivity index (χ0) is 31.2. The highest BCUT2D eigenvalue weighted by atomic mass is 28.4. The van der Waals surface area contributed by atoms with E-state index in [0.717, 1.165) is 34.7 Å². The van der Waals surface area contributed by atoms with Crippen LogP contribution < -0.4 is 16.0 Å². The van der Waals surface area contributed by atoms with E-state index in [4.69, 9.17) is 13.3 Å². The van der Waals surface area contributed by atoms with E-state index in [0.29, 0.717) is 50.3 Å². The Labute approximate surface area is 260 Å². The van der Waals surface area contributed by atoms with Crippen molar-refractivity contribution in [3.63, 3.8) is 0 Å². The van der Waals surface area contributed by atoms with Crippen LogP contribution in [0, 0.1) is 13.8 Å². The monoisotopic (exact) mass is 614 g/mol. The number of benzene rings is 3. The van der Waals surface area contributed by atoms with Gasteiger partial charge >= 0.3 is 8.80 Å². The van der Waals surface area contributed by atoms with Crippen molar-refractivity contribution < 1.29 is 13.3 Å². The van der Waals surface area contributed by atoms with Crippen LogP contribution in [0.25, 0.3) is 0 Å². The molecule has 0 radical (unpaired) electrons. The number of hydrogen-bond acceptors (Lipinski definition) is 11. The summed E-state index contributed by atoms with van der Waals surface area (Å²) in [4.78, 5) is 13.9. The minimum Gasteiger partial charge on any atom is -0.374 e. The Bertz CT molecular complexity index is 1470. The molecule has 11 nitrogen and oxygen atoms in total. The highest BCUT2D eigenvalue weighted by molar-refractivity contribution is 6.60. The summed E-state index contributed by atoms with van der Waals surface area (Å²) in [6, 6.07) is 24.2. The van der Waals surface area contributed by atoms with E-state index in [9.17, 15) is 0 Å². The smallest absolute Gasteiger partial charge is 0.374 e. The summed E-state index contributed by atoms with van der Waals surface area (Å²) < 4.78 is 18.0. The number of aromatic nitrogens is 3. The fourth-order valence-corrected chi connectivity index (χ4v) is 7.03. The van der Waals surface area contributed by atoms with Crippen molar-refractivity contribution in [3.8, 4) is 0 Å². The molecule has 12 heteroatoms. The van der Waals surface area contributed by atoms with Gasteiger partial charge in [0.1, 0.15) is 0 Å². The van der Waals surface area contributed by atoms with Crippen molar-refractivity contribution in [2.45, 2.75) is 47.1 Å². The molecule has 0 atom stereocenters. The molecule has 0 spiro atoms. The standard InChI is InChI=1S/C32H42N8O3Si/c1-6-41-44(42-7-2,43-8-3)22-12-21-33-30-36-31(34-26-13-10-9-11-14-26)38-32(37-30)35-29-20-19-28(23-25(29)5)40-39-27-17-15-24(4)16-18-27/h9-11,13-20,23H,6-8,12,21-22H2,1-5H3,(H3,33,34,35,36,37,38). The molecule has 3 aromatic carbocycles. The van der Waals surface area contributed by atoms with Gasteiger partial charge in [-0.15, -0.1) is 0 Å². The lowest BCUT2D eigenvalue weighted by molar-refractivity contribution is 0.0710. The summed E-state index contributed by atoms with van der Waals surface area (Å²) in [7, 11) is -2.73. The van der Waals surface area contributed by atoms with Gasteiger partial charge in [-0.3, -0.25) is 0 Å². The Morgan fingerprint density at radius 1 is 0.682 bits per heavy atom. The summed E-state index contributed by atoms with van der Waals surface area (Å²) >= 11 is 0. The Morgan fingerprint density at radius 3 is 1.91 bits per heavy atom. The molecule has 1 aromatic heterocycles. The third-order valence-corrected chi connectivity index (χ3v) is 9.62. The molecule has 1 heterocycles. The first-order valence-electron chi connectivity index (χ1n) is 15.0. The van der Waals surface area contributed by atoms with Crippen LogP contribution >= 0.6 is 0 Å². The van der Waals surface area contributed by atoms with Crippen LogP contribution in [0.4, 0.5) is 40.6 Å². The maximum absolute atomic E-state index is 5.99. The Kier molecular flexibility index (Phi) is 12.3. The van der Waals surface area contributed by atoms with Gasteiger partial charge in [-0.05, 0) is 89.1 Å². The molecule has 4 aromatic rings. The summed E-state index contributed by atoms with van der Waals surface area (Å²) in [5.74, 6) is 1.26. The predicted molar refractivity (Wildman–Crippen MR) is 178 cm³/mol. The van der Waals surface area contributed by atoms with Crippen LogP contribution in [0.2, 0.25) is 6.04 Å². The largest absolute Gasteiger partial charge is 0.500 e. The van der Waals surface area contributed by atoms with Gasteiger partial charge < -0.3 is 29.2 Å². The second kappa shape index (κ2) is 16.6. The zero-order valence-electron chi connectivity index (χ0n) is 26.1. The summed E-state index contributed by atoms with van der Waals surface area (Å²) in [6.45, 7) is 12.2. The quantitative estimate of drug-likeness (QED) is 0.0612. The SMILES string of the molecule is CCO[Si](CCCNc1nc(Nc2ccccc2)nc(Nc2ccc(N=Nc3ccc(C)cc3)cc2C)n1)(OCC)OCC. The van der Waals surface area contributed by atoms with Crippen LogP contribution in [0.3, 0.4) is 0 Å². The van der Waals surface area contributed by atoms with E-state index >= 15 is 0 Å². The number of anilines is 5. The number of nitrogens with one attached hydrogen (secondary N) is 3. The van der Waals surface area contributed by atoms with Crippen LogP contribution in [-0.4, -0.2) is 50.1 Å². The summed E-state index contributed by atoms with van der Waals surface area (Å²) in [5, 5.41) is 18.7.